The molecule has 0 saturated carbocycles. The summed E-state index contributed by atoms with van der Waals surface area (Å²) in [5, 5.41) is 0. The molecule has 0 N–H and O–H groups in total. The summed E-state index contributed by atoms with van der Waals surface area (Å²) in [4.78, 5) is 0. The van der Waals surface area contributed by atoms with Crippen LogP contribution in [0.25, 0.3) is 6.08 Å². The SMILES string of the molecule is C=Cc1ccccc1.[C-]#[O+]. The maximum absolute atomic E-state index is 7.50. The van der Waals surface area contributed by atoms with Gasteiger partial charge in [-0.05, 0) is 5.56 Å². The van der Waals surface area contributed by atoms with E-state index < -0.39 is 0 Å². The van der Waals surface area contributed by atoms with Gasteiger partial charge in [0.05, 0.1) is 0 Å². The predicted octanol–water partition coefficient (Wildman–Crippen LogP) is 2.29. The molecule has 1 rings (SSSR count). The minimum atomic E-state index is 1.17. The quantitative estimate of drug-likeness (QED) is 0.412. The van der Waals surface area contributed by atoms with Gasteiger partial charge in [-0.15, -0.1) is 0 Å². The molecular weight excluding hydrogens is 124 g/mol. The molecule has 0 bridgehead atoms. The van der Waals surface area contributed by atoms with Crippen molar-refractivity contribution in [3.05, 3.63) is 49.1 Å². The van der Waals surface area contributed by atoms with Crippen molar-refractivity contribution in [2.75, 3.05) is 0 Å². The van der Waals surface area contributed by atoms with Crippen LogP contribution in [0.3, 0.4) is 0 Å². The Balaban J connectivity index is 0.000000371. The molecule has 0 aliphatic carbocycles. The van der Waals surface area contributed by atoms with E-state index in [9.17, 15) is 0 Å². The molecule has 0 amide bonds. The molecule has 0 aliphatic heterocycles. The van der Waals surface area contributed by atoms with Gasteiger partial charge in [0, 0.05) is 0 Å². The second-order valence-corrected chi connectivity index (χ2v) is 1.61. The van der Waals surface area contributed by atoms with E-state index in [1.807, 2.05) is 36.4 Å². The molecule has 0 radical (unpaired) electrons. The summed E-state index contributed by atoms with van der Waals surface area (Å²) in [6.07, 6.45) is 1.83. The fourth-order valence-electron chi connectivity index (χ4n) is 0.589. The Kier molecular flexibility index (Phi) is 5.07. The van der Waals surface area contributed by atoms with Gasteiger partial charge in [-0.25, -0.2) is 0 Å². The number of hydrogen-bond acceptors (Lipinski definition) is 0. The molecular formula is C9H8O. The van der Waals surface area contributed by atoms with Crippen LogP contribution < -0.4 is 0 Å². The van der Waals surface area contributed by atoms with E-state index >= 15 is 0 Å². The summed E-state index contributed by atoms with van der Waals surface area (Å²) in [7, 11) is 0. The summed E-state index contributed by atoms with van der Waals surface area (Å²) >= 11 is 0. The molecule has 0 aromatic heterocycles. The molecule has 0 aliphatic rings. The molecule has 0 fully saturated rings. The van der Waals surface area contributed by atoms with Gasteiger partial charge in [-0.1, -0.05) is 43.0 Å². The summed E-state index contributed by atoms with van der Waals surface area (Å²) < 4.78 is 7.50. The minimum absolute atomic E-state index is 1.17. The number of benzene rings is 1. The third-order valence-corrected chi connectivity index (χ3v) is 1.04. The predicted molar refractivity (Wildman–Crippen MR) is 40.5 cm³/mol. The third-order valence-electron chi connectivity index (χ3n) is 1.04. The van der Waals surface area contributed by atoms with Crippen molar-refractivity contribution in [1.82, 2.24) is 0 Å². The molecule has 0 unspecified atom stereocenters. The summed E-state index contributed by atoms with van der Waals surface area (Å²) in [6.45, 7) is 8.13. The molecule has 0 atom stereocenters. The van der Waals surface area contributed by atoms with Crippen molar-refractivity contribution in [2.45, 2.75) is 0 Å². The molecule has 1 aromatic rings. The standard InChI is InChI=1S/C8H8.CO/c1-2-8-6-4-3-5-7-8;1-2/h2-7H,1H2;. The Morgan fingerprint density at radius 1 is 1.20 bits per heavy atom. The zero-order valence-electron chi connectivity index (χ0n) is 5.58. The van der Waals surface area contributed by atoms with Gasteiger partial charge in [-0.2, -0.15) is 0 Å². The first kappa shape index (κ1) is 8.70. The van der Waals surface area contributed by atoms with Crippen LogP contribution in [0, 0.1) is 6.65 Å². The normalized spacial score (nSPS) is 7.00. The van der Waals surface area contributed by atoms with Crippen LogP contribution in [0.1, 0.15) is 5.56 Å². The molecule has 0 heterocycles. The van der Waals surface area contributed by atoms with Crippen LogP contribution >= 0.6 is 0 Å². The van der Waals surface area contributed by atoms with E-state index in [4.69, 9.17) is 4.65 Å². The van der Waals surface area contributed by atoms with Crippen molar-refractivity contribution in [2.24, 2.45) is 0 Å². The summed E-state index contributed by atoms with van der Waals surface area (Å²) in [5.41, 5.74) is 1.17. The molecule has 50 valence electrons. The summed E-state index contributed by atoms with van der Waals surface area (Å²) in [6, 6.07) is 10.0. The number of rotatable bonds is 1. The zero-order chi connectivity index (χ0) is 7.82. The molecule has 10 heavy (non-hydrogen) atoms. The fourth-order valence-corrected chi connectivity index (χ4v) is 0.589. The van der Waals surface area contributed by atoms with Crippen LogP contribution in [0.4, 0.5) is 0 Å². The van der Waals surface area contributed by atoms with Gasteiger partial charge >= 0.3 is 11.3 Å². The van der Waals surface area contributed by atoms with Gasteiger partial charge < -0.3 is 0 Å². The molecule has 0 saturated heterocycles. The molecule has 1 heteroatoms. The first-order valence-electron chi connectivity index (χ1n) is 2.81. The van der Waals surface area contributed by atoms with Crippen LogP contribution in [-0.4, -0.2) is 0 Å². The Bertz CT molecular complexity index is 198. The second kappa shape index (κ2) is 5.83. The second-order valence-electron chi connectivity index (χ2n) is 1.61. The van der Waals surface area contributed by atoms with Gasteiger partial charge in [0.2, 0.25) is 0 Å². The first-order valence-corrected chi connectivity index (χ1v) is 2.81. The van der Waals surface area contributed by atoms with E-state index in [0.717, 1.165) is 0 Å². The van der Waals surface area contributed by atoms with Crippen LogP contribution in [0.15, 0.2) is 36.9 Å². The first-order chi connectivity index (χ1) is 4.93. The van der Waals surface area contributed by atoms with Gasteiger partial charge in [0.25, 0.3) is 0 Å². The average Bonchev–Trinajstić information content (AvgIpc) is 2.10. The van der Waals surface area contributed by atoms with Gasteiger partial charge in [0.15, 0.2) is 0 Å². The topological polar surface area (TPSA) is 19.9 Å². The van der Waals surface area contributed by atoms with Crippen LogP contribution in [0.5, 0.6) is 0 Å². The molecule has 0 spiro atoms. The van der Waals surface area contributed by atoms with Crippen molar-refractivity contribution in [3.8, 4) is 0 Å². The monoisotopic (exact) mass is 132 g/mol. The number of hydrogen-bond donors (Lipinski definition) is 0. The Morgan fingerprint density at radius 2 is 1.70 bits per heavy atom. The Morgan fingerprint density at radius 3 is 2.00 bits per heavy atom. The zero-order valence-corrected chi connectivity index (χ0v) is 5.58. The maximum atomic E-state index is 7.50. The van der Waals surface area contributed by atoms with Crippen LogP contribution in [-0.2, 0) is 4.65 Å². The van der Waals surface area contributed by atoms with Crippen molar-refractivity contribution < 1.29 is 4.65 Å². The van der Waals surface area contributed by atoms with E-state index in [1.165, 1.54) is 5.56 Å². The van der Waals surface area contributed by atoms with Crippen LogP contribution in [0.2, 0.25) is 0 Å². The van der Waals surface area contributed by atoms with Crippen molar-refractivity contribution >= 4 is 6.08 Å². The van der Waals surface area contributed by atoms with E-state index in [-0.39, 0.29) is 0 Å². The Labute approximate surface area is 60.7 Å². The average molecular weight is 132 g/mol. The molecule has 1 nitrogen and oxygen atoms in total. The summed E-state index contributed by atoms with van der Waals surface area (Å²) in [5.74, 6) is 0. The van der Waals surface area contributed by atoms with Crippen molar-refractivity contribution in [1.29, 1.82) is 0 Å². The van der Waals surface area contributed by atoms with Gasteiger partial charge in [-0.3, -0.25) is 0 Å². The Hall–Kier alpha value is -1.30. The van der Waals surface area contributed by atoms with Gasteiger partial charge in [0.1, 0.15) is 0 Å². The molecule has 1 aromatic carbocycles. The third kappa shape index (κ3) is 2.88. The van der Waals surface area contributed by atoms with E-state index in [2.05, 4.69) is 13.2 Å². The van der Waals surface area contributed by atoms with E-state index in [0.29, 0.717) is 0 Å². The fraction of sp³-hybridized carbons (Fsp3) is 0. The van der Waals surface area contributed by atoms with E-state index in [1.54, 1.807) is 0 Å². The van der Waals surface area contributed by atoms with Crippen molar-refractivity contribution in [3.63, 3.8) is 0 Å².